The number of carbonyl (C=O) groups excluding carboxylic acids is 1. The van der Waals surface area contributed by atoms with Crippen molar-refractivity contribution in [2.45, 2.75) is 24.5 Å². The maximum atomic E-state index is 12.8. The molecule has 0 spiro atoms. The molecule has 3 aromatic rings. The molecule has 2 N–H and O–H groups in total. The fourth-order valence-corrected chi connectivity index (χ4v) is 4.68. The Balaban J connectivity index is 1.41. The molecule has 0 aromatic heterocycles. The number of ether oxygens (including phenoxy) is 2. The Morgan fingerprint density at radius 1 is 0.912 bits per heavy atom. The summed E-state index contributed by atoms with van der Waals surface area (Å²) in [6, 6.07) is 19.1. The summed E-state index contributed by atoms with van der Waals surface area (Å²) < 4.78 is 38.9. The molecule has 0 radical (unpaired) electrons. The minimum atomic E-state index is -3.82. The maximum Gasteiger partial charge on any atom is 0.251 e. The summed E-state index contributed by atoms with van der Waals surface area (Å²) in [6.45, 7) is 1.34. The summed E-state index contributed by atoms with van der Waals surface area (Å²) in [5.41, 5.74) is 3.14. The zero-order valence-corrected chi connectivity index (χ0v) is 19.9. The molecule has 1 amide bonds. The number of hydrogen-bond donors (Lipinski definition) is 2. The van der Waals surface area contributed by atoms with E-state index in [0.29, 0.717) is 18.0 Å². The van der Waals surface area contributed by atoms with Crippen LogP contribution in [0.4, 0.5) is 0 Å². The molecule has 178 valence electrons. The molecule has 0 saturated carbocycles. The van der Waals surface area contributed by atoms with Crippen LogP contribution in [0.25, 0.3) is 0 Å². The number of fused-ring (bicyclic) bond motifs is 1. The zero-order chi connectivity index (χ0) is 24.1. The van der Waals surface area contributed by atoms with E-state index in [2.05, 4.69) is 14.9 Å². The summed E-state index contributed by atoms with van der Waals surface area (Å²) >= 11 is 0. The van der Waals surface area contributed by atoms with Crippen molar-refractivity contribution < 1.29 is 22.7 Å². The van der Waals surface area contributed by atoms with Crippen molar-refractivity contribution in [3.05, 3.63) is 89.0 Å². The third-order valence-electron chi connectivity index (χ3n) is 5.35. The number of hydrogen-bond acceptors (Lipinski definition) is 6. The first kappa shape index (κ1) is 23.7. The van der Waals surface area contributed by atoms with Gasteiger partial charge in [0.1, 0.15) is 0 Å². The van der Waals surface area contributed by atoms with Crippen LogP contribution in [0.5, 0.6) is 11.5 Å². The average molecular weight is 482 g/mol. The topological polar surface area (TPSA) is 97.0 Å². The molecule has 1 aliphatic heterocycles. The normalized spacial score (nSPS) is 12.7. The second-order valence-electron chi connectivity index (χ2n) is 8.23. The molecule has 1 aliphatic rings. The van der Waals surface area contributed by atoms with Crippen LogP contribution in [-0.4, -0.2) is 40.1 Å². The lowest BCUT2D eigenvalue weighted by Crippen LogP contribution is -2.26. The van der Waals surface area contributed by atoms with Gasteiger partial charge in [-0.3, -0.25) is 4.79 Å². The van der Waals surface area contributed by atoms with Crippen molar-refractivity contribution in [3.63, 3.8) is 0 Å². The van der Waals surface area contributed by atoms with E-state index in [0.717, 1.165) is 23.2 Å². The SMILES string of the molecule is CN(C)Cc1ccccc1CNC(=O)c1cccc(S(=O)(=O)NCc2ccc3c(c2)OCO3)c1. The monoisotopic (exact) mass is 481 g/mol. The van der Waals surface area contributed by atoms with Gasteiger partial charge in [-0.1, -0.05) is 36.4 Å². The van der Waals surface area contributed by atoms with Crippen LogP contribution in [0.15, 0.2) is 71.6 Å². The van der Waals surface area contributed by atoms with Gasteiger partial charge in [0, 0.05) is 25.2 Å². The van der Waals surface area contributed by atoms with Crippen molar-refractivity contribution in [1.29, 1.82) is 0 Å². The van der Waals surface area contributed by atoms with Gasteiger partial charge < -0.3 is 19.7 Å². The zero-order valence-electron chi connectivity index (χ0n) is 19.1. The van der Waals surface area contributed by atoms with Crippen LogP contribution >= 0.6 is 0 Å². The predicted molar refractivity (Wildman–Crippen MR) is 128 cm³/mol. The molecule has 0 saturated heterocycles. The Labute approximate surface area is 199 Å². The first-order valence-electron chi connectivity index (χ1n) is 10.8. The molecular weight excluding hydrogens is 454 g/mol. The van der Waals surface area contributed by atoms with Gasteiger partial charge in [0.15, 0.2) is 11.5 Å². The smallest absolute Gasteiger partial charge is 0.251 e. The number of sulfonamides is 1. The van der Waals surface area contributed by atoms with Gasteiger partial charge in [-0.15, -0.1) is 0 Å². The number of nitrogens with one attached hydrogen (secondary N) is 2. The van der Waals surface area contributed by atoms with Gasteiger partial charge in [-0.05, 0) is 61.1 Å². The fraction of sp³-hybridized carbons (Fsp3) is 0.240. The van der Waals surface area contributed by atoms with E-state index < -0.39 is 10.0 Å². The van der Waals surface area contributed by atoms with Gasteiger partial charge in [-0.2, -0.15) is 0 Å². The average Bonchev–Trinajstić information content (AvgIpc) is 3.30. The predicted octanol–water partition coefficient (Wildman–Crippen LogP) is 2.89. The molecule has 9 heteroatoms. The van der Waals surface area contributed by atoms with Gasteiger partial charge in [0.25, 0.3) is 5.91 Å². The summed E-state index contributed by atoms with van der Waals surface area (Å²) in [6.07, 6.45) is 0. The Morgan fingerprint density at radius 3 is 2.47 bits per heavy atom. The third-order valence-corrected chi connectivity index (χ3v) is 6.75. The van der Waals surface area contributed by atoms with Crippen LogP contribution in [0.1, 0.15) is 27.0 Å². The first-order chi connectivity index (χ1) is 16.3. The highest BCUT2D eigenvalue weighted by Crippen LogP contribution is 2.32. The summed E-state index contributed by atoms with van der Waals surface area (Å²) in [5.74, 6) is 0.879. The van der Waals surface area contributed by atoms with Crippen molar-refractivity contribution in [2.75, 3.05) is 20.9 Å². The number of carbonyl (C=O) groups is 1. The largest absolute Gasteiger partial charge is 0.454 e. The van der Waals surface area contributed by atoms with Crippen LogP contribution < -0.4 is 19.5 Å². The lowest BCUT2D eigenvalue weighted by Gasteiger charge is -2.15. The van der Waals surface area contributed by atoms with E-state index in [1.807, 2.05) is 38.4 Å². The van der Waals surface area contributed by atoms with Gasteiger partial charge >= 0.3 is 0 Å². The lowest BCUT2D eigenvalue weighted by molar-refractivity contribution is 0.0950. The summed E-state index contributed by atoms with van der Waals surface area (Å²) in [4.78, 5) is 14.8. The quantitative estimate of drug-likeness (QED) is 0.488. The summed E-state index contributed by atoms with van der Waals surface area (Å²) in [5, 5.41) is 2.89. The molecule has 3 aromatic carbocycles. The Hall–Kier alpha value is -3.40. The minimum Gasteiger partial charge on any atom is -0.454 e. The highest BCUT2D eigenvalue weighted by atomic mass is 32.2. The lowest BCUT2D eigenvalue weighted by atomic mass is 10.1. The highest BCUT2D eigenvalue weighted by molar-refractivity contribution is 7.89. The van der Waals surface area contributed by atoms with E-state index >= 15 is 0 Å². The van der Waals surface area contributed by atoms with Crippen molar-refractivity contribution >= 4 is 15.9 Å². The summed E-state index contributed by atoms with van der Waals surface area (Å²) in [7, 11) is 0.152. The Bertz CT molecular complexity index is 1290. The molecule has 0 aliphatic carbocycles. The van der Waals surface area contributed by atoms with Crippen molar-refractivity contribution in [2.24, 2.45) is 0 Å². The number of amides is 1. The molecule has 0 bridgehead atoms. The first-order valence-corrected chi connectivity index (χ1v) is 12.3. The standard InChI is InChI=1S/C25H27N3O5S/c1-28(2)16-21-7-4-3-6-20(21)15-26-25(29)19-8-5-9-22(13-19)34(30,31)27-14-18-10-11-23-24(12-18)33-17-32-23/h3-13,27H,14-17H2,1-2H3,(H,26,29). The number of rotatable bonds is 9. The van der Waals surface area contributed by atoms with Crippen LogP contribution in [0.3, 0.4) is 0 Å². The third kappa shape index (κ3) is 5.74. The number of nitrogens with zero attached hydrogens (tertiary/aromatic N) is 1. The number of benzene rings is 3. The Morgan fingerprint density at radius 2 is 1.68 bits per heavy atom. The second kappa shape index (κ2) is 10.3. The van der Waals surface area contributed by atoms with Gasteiger partial charge in [0.2, 0.25) is 16.8 Å². The maximum absolute atomic E-state index is 12.8. The highest BCUT2D eigenvalue weighted by Gasteiger charge is 2.18. The molecule has 34 heavy (non-hydrogen) atoms. The van der Waals surface area contributed by atoms with Crippen LogP contribution in [0.2, 0.25) is 0 Å². The molecular formula is C25H27N3O5S. The molecule has 1 heterocycles. The molecule has 0 atom stereocenters. The minimum absolute atomic E-state index is 0.0221. The van der Waals surface area contributed by atoms with Crippen LogP contribution in [0, 0.1) is 0 Å². The Kier molecular flexibility index (Phi) is 7.16. The van der Waals surface area contributed by atoms with E-state index in [9.17, 15) is 13.2 Å². The van der Waals surface area contributed by atoms with E-state index in [4.69, 9.17) is 9.47 Å². The van der Waals surface area contributed by atoms with E-state index in [1.165, 1.54) is 12.1 Å². The second-order valence-corrected chi connectivity index (χ2v) is 10.00. The van der Waals surface area contributed by atoms with E-state index in [1.54, 1.807) is 30.3 Å². The molecule has 8 nitrogen and oxygen atoms in total. The molecule has 4 rings (SSSR count). The van der Waals surface area contributed by atoms with Crippen LogP contribution in [-0.2, 0) is 29.7 Å². The van der Waals surface area contributed by atoms with E-state index in [-0.39, 0.29) is 29.7 Å². The molecule has 0 fully saturated rings. The van der Waals surface area contributed by atoms with Crippen molar-refractivity contribution in [3.8, 4) is 11.5 Å². The van der Waals surface area contributed by atoms with Crippen molar-refractivity contribution in [1.82, 2.24) is 14.9 Å². The fourth-order valence-electron chi connectivity index (χ4n) is 3.62. The van der Waals surface area contributed by atoms with Gasteiger partial charge in [0.05, 0.1) is 4.90 Å². The molecule has 0 unspecified atom stereocenters. The van der Waals surface area contributed by atoms with Gasteiger partial charge in [-0.25, -0.2) is 13.1 Å².